The van der Waals surface area contributed by atoms with Crippen molar-refractivity contribution in [2.24, 2.45) is 5.10 Å². The van der Waals surface area contributed by atoms with Gasteiger partial charge in [-0.1, -0.05) is 30.3 Å². The Morgan fingerprint density at radius 1 is 1.00 bits per heavy atom. The second-order valence-corrected chi connectivity index (χ2v) is 6.36. The normalized spacial score (nSPS) is 12.0. The van der Waals surface area contributed by atoms with Crippen molar-refractivity contribution >= 4 is 34.2 Å². The molecule has 0 atom stereocenters. The van der Waals surface area contributed by atoms with E-state index in [1.54, 1.807) is 42.7 Å². The van der Waals surface area contributed by atoms with Crippen molar-refractivity contribution in [2.45, 2.75) is 0 Å². The van der Waals surface area contributed by atoms with Gasteiger partial charge in [-0.2, -0.15) is 9.78 Å². The van der Waals surface area contributed by atoms with E-state index >= 15 is 0 Å². The number of benzene rings is 2. The molecule has 0 bridgehead atoms. The molecular weight excluding hydrogens is 366 g/mol. The zero-order valence-corrected chi connectivity index (χ0v) is 15.2. The predicted molar refractivity (Wildman–Crippen MR) is 113 cm³/mol. The van der Waals surface area contributed by atoms with Crippen molar-refractivity contribution < 1.29 is 8.83 Å². The van der Waals surface area contributed by atoms with E-state index < -0.39 is 0 Å². The van der Waals surface area contributed by atoms with Gasteiger partial charge >= 0.3 is 0 Å². The third-order valence-corrected chi connectivity index (χ3v) is 4.47. The quantitative estimate of drug-likeness (QED) is 0.413. The maximum Gasteiger partial charge on any atom is 0.282 e. The smallest absolute Gasteiger partial charge is 0.282 e. The number of hydrogen-bond acceptors (Lipinski definition) is 5. The van der Waals surface area contributed by atoms with Crippen molar-refractivity contribution in [3.05, 3.63) is 95.2 Å². The van der Waals surface area contributed by atoms with Gasteiger partial charge in [-0.15, -0.1) is 0 Å². The third kappa shape index (κ3) is 3.17. The van der Waals surface area contributed by atoms with Crippen LogP contribution >= 0.6 is 0 Å². The zero-order valence-electron chi connectivity index (χ0n) is 15.2. The van der Waals surface area contributed by atoms with Gasteiger partial charge < -0.3 is 8.83 Å². The molecule has 0 unspecified atom stereocenters. The third-order valence-electron chi connectivity index (χ3n) is 4.47. The van der Waals surface area contributed by atoms with E-state index in [0.29, 0.717) is 28.2 Å². The topological polar surface area (TPSA) is 73.5 Å². The molecule has 6 nitrogen and oxygen atoms in total. The fourth-order valence-corrected chi connectivity index (χ4v) is 3.11. The molecule has 0 saturated carbocycles. The molecule has 3 heterocycles. The molecule has 0 spiro atoms. The van der Waals surface area contributed by atoms with E-state index in [1.807, 2.05) is 42.5 Å². The fraction of sp³-hybridized carbons (Fsp3) is 0. The van der Waals surface area contributed by atoms with Crippen LogP contribution in [0.3, 0.4) is 0 Å². The highest BCUT2D eigenvalue weighted by Crippen LogP contribution is 2.26. The summed E-state index contributed by atoms with van der Waals surface area (Å²) in [5, 5.41) is 5.74. The zero-order chi connectivity index (χ0) is 19.6. The second-order valence-electron chi connectivity index (χ2n) is 6.36. The minimum Gasteiger partial charge on any atom is -0.465 e. The van der Waals surface area contributed by atoms with E-state index in [4.69, 9.17) is 8.83 Å². The Hall–Kier alpha value is -4.19. The number of allylic oxidation sites excluding steroid dienone is 1. The first-order valence-electron chi connectivity index (χ1n) is 9.05. The van der Waals surface area contributed by atoms with Crippen LogP contribution in [0.5, 0.6) is 0 Å². The van der Waals surface area contributed by atoms with Gasteiger partial charge in [0.1, 0.15) is 11.3 Å². The first-order chi connectivity index (χ1) is 14.3. The maximum atomic E-state index is 13.1. The molecule has 6 heteroatoms. The summed E-state index contributed by atoms with van der Waals surface area (Å²) < 4.78 is 12.4. The molecule has 0 fully saturated rings. The summed E-state index contributed by atoms with van der Waals surface area (Å²) in [6, 6.07) is 20.3. The Balaban J connectivity index is 1.67. The molecule has 0 N–H and O–H groups in total. The summed E-state index contributed by atoms with van der Waals surface area (Å²) in [5.74, 6) is 1.51. The molecule has 0 aliphatic rings. The lowest BCUT2D eigenvalue weighted by Crippen LogP contribution is -2.20. The highest BCUT2D eigenvalue weighted by atomic mass is 16.3. The highest BCUT2D eigenvalue weighted by molar-refractivity contribution is 5.84. The summed E-state index contributed by atoms with van der Waals surface area (Å²) in [5.41, 5.74) is 1.04. The SMILES string of the molecule is O=c1c2ccccc2nc(-c2cc3ccccc3o2)n1N=C/C=C/c1ccco1. The second kappa shape index (κ2) is 7.09. The van der Waals surface area contributed by atoms with Crippen LogP contribution in [0.2, 0.25) is 0 Å². The van der Waals surface area contributed by atoms with Crippen molar-refractivity contribution in [1.29, 1.82) is 0 Å². The molecule has 0 amide bonds. The summed E-state index contributed by atoms with van der Waals surface area (Å²) >= 11 is 0. The van der Waals surface area contributed by atoms with Crippen molar-refractivity contribution in [3.63, 3.8) is 0 Å². The fourth-order valence-electron chi connectivity index (χ4n) is 3.11. The van der Waals surface area contributed by atoms with Crippen molar-refractivity contribution in [3.8, 4) is 11.6 Å². The Bertz CT molecular complexity index is 1390. The summed E-state index contributed by atoms with van der Waals surface area (Å²) in [6.07, 6.45) is 6.56. The van der Waals surface area contributed by atoms with Gasteiger partial charge in [-0.05, 0) is 48.6 Å². The lowest BCUT2D eigenvalue weighted by molar-refractivity contribution is 0.557. The van der Waals surface area contributed by atoms with E-state index in [0.717, 1.165) is 11.0 Å². The van der Waals surface area contributed by atoms with Crippen molar-refractivity contribution in [2.75, 3.05) is 0 Å². The lowest BCUT2D eigenvalue weighted by atomic mass is 10.2. The van der Waals surface area contributed by atoms with E-state index in [-0.39, 0.29) is 5.56 Å². The van der Waals surface area contributed by atoms with Crippen LogP contribution in [0.15, 0.2) is 97.8 Å². The number of furan rings is 2. The number of aromatic nitrogens is 2. The number of fused-ring (bicyclic) bond motifs is 2. The minimum atomic E-state index is -0.270. The molecule has 29 heavy (non-hydrogen) atoms. The van der Waals surface area contributed by atoms with Crippen LogP contribution in [0.25, 0.3) is 39.5 Å². The molecule has 5 rings (SSSR count). The maximum absolute atomic E-state index is 13.1. The standard InChI is InChI=1S/C23H15N3O3/c27-23-18-10-2-3-11-19(18)25-22(21-15-16-7-1-4-12-20(16)29-21)26(23)24-13-5-8-17-9-6-14-28-17/h1-15H/b8-5+,24-13?. The number of rotatable bonds is 4. The summed E-state index contributed by atoms with van der Waals surface area (Å²) in [7, 11) is 0. The average Bonchev–Trinajstić information content (AvgIpc) is 3.42. The van der Waals surface area contributed by atoms with Gasteiger partial charge in [0.2, 0.25) is 5.82 Å². The Kier molecular flexibility index (Phi) is 4.14. The van der Waals surface area contributed by atoms with Crippen LogP contribution < -0.4 is 5.56 Å². The summed E-state index contributed by atoms with van der Waals surface area (Å²) in [6.45, 7) is 0. The average molecular weight is 381 g/mol. The molecule has 0 radical (unpaired) electrons. The first-order valence-corrected chi connectivity index (χ1v) is 9.05. The first kappa shape index (κ1) is 16.9. The molecule has 3 aromatic heterocycles. The van der Waals surface area contributed by atoms with Crippen molar-refractivity contribution in [1.82, 2.24) is 9.66 Å². The number of hydrogen-bond donors (Lipinski definition) is 0. The molecule has 5 aromatic rings. The van der Waals surface area contributed by atoms with Crippen LogP contribution in [-0.2, 0) is 0 Å². The van der Waals surface area contributed by atoms with Gasteiger partial charge in [0.25, 0.3) is 5.56 Å². The number of para-hydroxylation sites is 2. The van der Waals surface area contributed by atoms with Gasteiger partial charge in [-0.25, -0.2) is 4.98 Å². The van der Waals surface area contributed by atoms with Gasteiger partial charge in [0.05, 0.1) is 17.2 Å². The number of nitrogens with zero attached hydrogens (tertiary/aromatic N) is 3. The van der Waals surface area contributed by atoms with E-state index in [2.05, 4.69) is 10.1 Å². The highest BCUT2D eigenvalue weighted by Gasteiger charge is 2.16. The summed E-state index contributed by atoms with van der Waals surface area (Å²) in [4.78, 5) is 17.7. The monoisotopic (exact) mass is 381 g/mol. The van der Waals surface area contributed by atoms with Crippen LogP contribution in [0.4, 0.5) is 0 Å². The predicted octanol–water partition coefficient (Wildman–Crippen LogP) is 4.95. The van der Waals surface area contributed by atoms with E-state index in [1.165, 1.54) is 10.9 Å². The lowest BCUT2D eigenvalue weighted by Gasteiger charge is -2.06. The van der Waals surface area contributed by atoms with Gasteiger partial charge in [-0.3, -0.25) is 4.79 Å². The van der Waals surface area contributed by atoms with Crippen LogP contribution in [0.1, 0.15) is 5.76 Å². The van der Waals surface area contributed by atoms with Crippen LogP contribution in [0, 0.1) is 0 Å². The molecule has 140 valence electrons. The van der Waals surface area contributed by atoms with E-state index in [9.17, 15) is 4.79 Å². The Morgan fingerprint density at radius 2 is 1.86 bits per heavy atom. The largest absolute Gasteiger partial charge is 0.465 e. The molecular formula is C23H15N3O3. The molecule has 2 aromatic carbocycles. The molecule has 0 saturated heterocycles. The van der Waals surface area contributed by atoms with Gasteiger partial charge in [0.15, 0.2) is 5.76 Å². The van der Waals surface area contributed by atoms with Crippen LogP contribution in [-0.4, -0.2) is 15.9 Å². The Morgan fingerprint density at radius 3 is 2.72 bits per heavy atom. The molecule has 0 aliphatic heterocycles. The minimum absolute atomic E-state index is 0.270. The Labute approximate surface area is 165 Å². The molecule has 0 aliphatic carbocycles. The van der Waals surface area contributed by atoms with Gasteiger partial charge in [0, 0.05) is 11.6 Å².